The molecular formula is C20H22IN. The summed E-state index contributed by atoms with van der Waals surface area (Å²) in [5, 5.41) is 9.95. The molecule has 114 valence electrons. The molecule has 2 unspecified atom stereocenters. The predicted molar refractivity (Wildman–Crippen MR) is 99.3 cm³/mol. The van der Waals surface area contributed by atoms with Gasteiger partial charge in [0.05, 0.1) is 11.5 Å². The highest BCUT2D eigenvalue weighted by Gasteiger charge is 2.40. The van der Waals surface area contributed by atoms with E-state index in [-0.39, 0.29) is 10.8 Å². The van der Waals surface area contributed by atoms with Gasteiger partial charge in [0.2, 0.25) is 0 Å². The van der Waals surface area contributed by atoms with Crippen LogP contribution in [-0.4, -0.2) is 0 Å². The molecule has 0 amide bonds. The Morgan fingerprint density at radius 1 is 1.23 bits per heavy atom. The zero-order valence-corrected chi connectivity index (χ0v) is 15.3. The fourth-order valence-corrected chi connectivity index (χ4v) is 4.42. The van der Waals surface area contributed by atoms with Crippen LogP contribution < -0.4 is 0 Å². The van der Waals surface area contributed by atoms with Gasteiger partial charge in [-0.05, 0) is 78.2 Å². The monoisotopic (exact) mass is 403 g/mol. The zero-order valence-electron chi connectivity index (χ0n) is 13.1. The number of rotatable bonds is 2. The molecular weight excluding hydrogens is 381 g/mol. The van der Waals surface area contributed by atoms with Crippen molar-refractivity contribution < 1.29 is 0 Å². The van der Waals surface area contributed by atoms with E-state index in [9.17, 15) is 5.26 Å². The third-order valence-electron chi connectivity index (χ3n) is 5.53. The van der Waals surface area contributed by atoms with Crippen molar-refractivity contribution in [2.45, 2.75) is 45.4 Å². The lowest BCUT2D eigenvalue weighted by molar-refractivity contribution is 0.294. The third-order valence-corrected chi connectivity index (χ3v) is 6.58. The molecule has 22 heavy (non-hydrogen) atoms. The van der Waals surface area contributed by atoms with Gasteiger partial charge >= 0.3 is 0 Å². The Morgan fingerprint density at radius 3 is 2.82 bits per heavy atom. The first-order chi connectivity index (χ1) is 10.6. The topological polar surface area (TPSA) is 23.8 Å². The summed E-state index contributed by atoms with van der Waals surface area (Å²) in [6.07, 6.45) is 13.0. The molecule has 0 saturated heterocycles. The molecule has 2 atom stereocenters. The van der Waals surface area contributed by atoms with Crippen LogP contribution in [-0.2, 0) is 6.42 Å². The quantitative estimate of drug-likeness (QED) is 0.572. The second-order valence-electron chi connectivity index (χ2n) is 7.05. The lowest BCUT2D eigenvalue weighted by Crippen LogP contribution is -2.23. The fraction of sp³-hybridized carbons (Fsp3) is 0.450. The normalized spacial score (nSPS) is 30.9. The van der Waals surface area contributed by atoms with Gasteiger partial charge in [-0.3, -0.25) is 0 Å². The van der Waals surface area contributed by atoms with Gasteiger partial charge in [0.25, 0.3) is 0 Å². The number of hydrogen-bond acceptors (Lipinski definition) is 1. The second kappa shape index (κ2) is 6.20. The highest BCUT2D eigenvalue weighted by molar-refractivity contribution is 14.1. The minimum atomic E-state index is -0.206. The van der Waals surface area contributed by atoms with E-state index in [4.69, 9.17) is 0 Å². The smallest absolute Gasteiger partial charge is 0.0693 e. The molecule has 1 aromatic rings. The van der Waals surface area contributed by atoms with Crippen LogP contribution in [0.3, 0.4) is 0 Å². The highest BCUT2D eigenvalue weighted by Crippen LogP contribution is 2.50. The van der Waals surface area contributed by atoms with Crippen molar-refractivity contribution >= 4 is 22.6 Å². The van der Waals surface area contributed by atoms with Crippen molar-refractivity contribution in [1.29, 1.82) is 5.26 Å². The lowest BCUT2D eigenvalue weighted by atomic mass is 9.72. The Morgan fingerprint density at radius 2 is 2.05 bits per heavy atom. The van der Waals surface area contributed by atoms with Gasteiger partial charge in [0.1, 0.15) is 0 Å². The molecule has 0 bridgehead atoms. The number of allylic oxidation sites excluding steroid dienone is 4. The van der Waals surface area contributed by atoms with Crippen LogP contribution in [0, 0.1) is 25.7 Å². The molecule has 2 aliphatic carbocycles. The molecule has 2 heteroatoms. The average Bonchev–Trinajstić information content (AvgIpc) is 2.68. The molecule has 1 nitrogen and oxygen atoms in total. The van der Waals surface area contributed by atoms with Crippen LogP contribution in [0.5, 0.6) is 0 Å². The second-order valence-corrected chi connectivity index (χ2v) is 8.21. The van der Waals surface area contributed by atoms with Crippen LogP contribution in [0.25, 0.3) is 0 Å². The van der Waals surface area contributed by atoms with Crippen LogP contribution in [0.1, 0.15) is 44.6 Å². The molecule has 3 rings (SSSR count). The molecule has 1 aromatic carbocycles. The summed E-state index contributed by atoms with van der Waals surface area (Å²) in [5.41, 5.74) is 2.95. The van der Waals surface area contributed by atoms with Crippen molar-refractivity contribution in [2.75, 3.05) is 0 Å². The number of fused-ring (bicyclic) bond motifs is 1. The summed E-state index contributed by atoms with van der Waals surface area (Å²) in [5.74, 6) is 0. The molecule has 0 radical (unpaired) electrons. The van der Waals surface area contributed by atoms with E-state index in [1.807, 2.05) is 0 Å². The van der Waals surface area contributed by atoms with E-state index < -0.39 is 0 Å². The van der Waals surface area contributed by atoms with Gasteiger partial charge in [-0.25, -0.2) is 0 Å². The summed E-state index contributed by atoms with van der Waals surface area (Å²) in [7, 11) is 0. The van der Waals surface area contributed by atoms with Gasteiger partial charge in [-0.15, -0.1) is 0 Å². The molecule has 2 aliphatic rings. The SMILES string of the molecule is CC12CC=CC=C1CCC(C#N)(Cc1ccccc1I)CC2. The molecule has 0 N–H and O–H groups in total. The van der Waals surface area contributed by atoms with Gasteiger partial charge in [0.15, 0.2) is 0 Å². The Balaban J connectivity index is 1.86. The van der Waals surface area contributed by atoms with E-state index >= 15 is 0 Å². The Bertz CT molecular complexity index is 667. The largest absolute Gasteiger partial charge is 0.198 e. The van der Waals surface area contributed by atoms with Crippen molar-refractivity contribution in [3.8, 4) is 6.07 Å². The van der Waals surface area contributed by atoms with E-state index in [1.165, 1.54) is 9.13 Å². The maximum Gasteiger partial charge on any atom is 0.0693 e. The lowest BCUT2D eigenvalue weighted by Gasteiger charge is -2.32. The van der Waals surface area contributed by atoms with E-state index in [0.29, 0.717) is 0 Å². The van der Waals surface area contributed by atoms with Crippen molar-refractivity contribution in [3.05, 3.63) is 57.2 Å². The molecule has 0 spiro atoms. The van der Waals surface area contributed by atoms with Crippen molar-refractivity contribution in [1.82, 2.24) is 0 Å². The van der Waals surface area contributed by atoms with E-state index in [1.54, 1.807) is 5.57 Å². The highest BCUT2D eigenvalue weighted by atomic mass is 127. The molecule has 1 saturated carbocycles. The number of hydrogen-bond donors (Lipinski definition) is 0. The van der Waals surface area contributed by atoms with Crippen LogP contribution >= 0.6 is 22.6 Å². The number of benzene rings is 1. The third kappa shape index (κ3) is 3.01. The number of nitriles is 1. The first-order valence-electron chi connectivity index (χ1n) is 8.08. The Kier molecular flexibility index (Phi) is 4.45. The Hall–Kier alpha value is -1.08. The number of nitrogens with zero attached hydrogens (tertiary/aromatic N) is 1. The molecule has 0 aliphatic heterocycles. The van der Waals surface area contributed by atoms with Crippen LogP contribution in [0.2, 0.25) is 0 Å². The summed E-state index contributed by atoms with van der Waals surface area (Å²) in [6, 6.07) is 11.2. The van der Waals surface area contributed by atoms with Gasteiger partial charge in [-0.1, -0.05) is 48.9 Å². The van der Waals surface area contributed by atoms with Crippen molar-refractivity contribution in [2.24, 2.45) is 10.8 Å². The molecule has 0 heterocycles. The van der Waals surface area contributed by atoms with Gasteiger partial charge in [-0.2, -0.15) is 5.26 Å². The minimum absolute atomic E-state index is 0.206. The summed E-state index contributed by atoms with van der Waals surface area (Å²) >= 11 is 2.39. The standard InChI is InChI=1S/C20H22IN/c1-19-10-5-4-7-17(19)9-11-20(15-22,13-12-19)14-16-6-2-3-8-18(16)21/h2-8H,9-14H2,1H3. The van der Waals surface area contributed by atoms with Gasteiger partial charge < -0.3 is 0 Å². The summed E-state index contributed by atoms with van der Waals surface area (Å²) in [6.45, 7) is 2.38. The van der Waals surface area contributed by atoms with Crippen LogP contribution in [0.4, 0.5) is 0 Å². The number of halogens is 1. The molecule has 1 fully saturated rings. The Labute approximate surface area is 147 Å². The van der Waals surface area contributed by atoms with E-state index in [0.717, 1.165) is 38.5 Å². The summed E-state index contributed by atoms with van der Waals surface area (Å²) < 4.78 is 1.28. The average molecular weight is 403 g/mol. The first-order valence-corrected chi connectivity index (χ1v) is 9.16. The minimum Gasteiger partial charge on any atom is -0.198 e. The summed E-state index contributed by atoms with van der Waals surface area (Å²) in [4.78, 5) is 0. The maximum absolute atomic E-state index is 9.95. The maximum atomic E-state index is 9.95. The fourth-order valence-electron chi connectivity index (χ4n) is 3.84. The predicted octanol–water partition coefficient (Wildman–Crippen LogP) is 5.81. The van der Waals surface area contributed by atoms with E-state index in [2.05, 4.69) is 78.1 Å². The van der Waals surface area contributed by atoms with Crippen molar-refractivity contribution in [3.63, 3.8) is 0 Å². The van der Waals surface area contributed by atoms with Crippen LogP contribution in [0.15, 0.2) is 48.1 Å². The molecule has 0 aromatic heterocycles. The van der Waals surface area contributed by atoms with Gasteiger partial charge in [0, 0.05) is 3.57 Å². The zero-order chi connectivity index (χ0) is 15.6. The first kappa shape index (κ1) is 15.8.